The van der Waals surface area contributed by atoms with Crippen LogP contribution in [-0.2, 0) is 12.3 Å². The van der Waals surface area contributed by atoms with Crippen LogP contribution >= 0.6 is 37.4 Å². The molecule has 4 nitrogen and oxygen atoms in total. The summed E-state index contributed by atoms with van der Waals surface area (Å²) in [6.45, 7) is 6.69. The Hall–Kier alpha value is -1.12. The Morgan fingerprint density at radius 1 is 0.457 bits per heavy atom. The lowest BCUT2D eigenvalue weighted by atomic mass is 10.2. The normalized spacial score (nSPS) is 11.0. The molecule has 0 radical (unpaired) electrons. The van der Waals surface area contributed by atoms with E-state index in [-0.39, 0.29) is 47.1 Å². The third-order valence-electron chi connectivity index (χ3n) is 7.99. The van der Waals surface area contributed by atoms with Crippen LogP contribution in [-0.4, -0.2) is 74.1 Å². The minimum absolute atomic E-state index is 0. The SMILES string of the molecule is CCN(CC)[P+](Cc1ccccc1)(c1ccccc1)c1ccccc1.CN(C)[P+](Cc1ccccc1)(N(C)C)N(C)C.Cl.P.[Cl-].[Cl-]. The fourth-order valence-electron chi connectivity index (χ4n) is 5.99. The average molecular weight is 744 g/mol. The molecule has 0 aliphatic carbocycles. The number of benzene rings is 4. The van der Waals surface area contributed by atoms with Crippen molar-refractivity contribution in [3.05, 3.63) is 132 Å². The van der Waals surface area contributed by atoms with Gasteiger partial charge in [-0.05, 0) is 49.2 Å². The molecule has 4 aromatic rings. The molecule has 0 N–H and O–H groups in total. The number of halogens is 3. The Bertz CT molecular complexity index is 1240. The van der Waals surface area contributed by atoms with Crippen LogP contribution in [0.1, 0.15) is 25.0 Å². The highest BCUT2D eigenvalue weighted by atomic mass is 35.5. The molecule has 0 heterocycles. The van der Waals surface area contributed by atoms with Crippen LogP contribution in [0.3, 0.4) is 0 Å². The maximum Gasteiger partial charge on any atom is 0.230 e. The van der Waals surface area contributed by atoms with Crippen LogP contribution in [0.5, 0.6) is 0 Å². The van der Waals surface area contributed by atoms with E-state index in [9.17, 15) is 0 Å². The second-order valence-electron chi connectivity index (χ2n) is 11.1. The van der Waals surface area contributed by atoms with Gasteiger partial charge in [-0.3, -0.25) is 0 Å². The summed E-state index contributed by atoms with van der Waals surface area (Å²) in [5, 5.41) is 2.93. The van der Waals surface area contributed by atoms with E-state index < -0.39 is 15.1 Å². The maximum absolute atomic E-state index is 2.70. The molecular formula is C36H56Cl3N4P3. The molecule has 1 atom stereocenters. The van der Waals surface area contributed by atoms with Crippen LogP contribution in [0, 0.1) is 0 Å². The lowest BCUT2D eigenvalue weighted by Crippen LogP contribution is -3.00. The zero-order chi connectivity index (χ0) is 30.6. The second-order valence-corrected chi connectivity index (χ2v) is 18.7. The van der Waals surface area contributed by atoms with Crippen molar-refractivity contribution in [1.82, 2.24) is 18.7 Å². The summed E-state index contributed by atoms with van der Waals surface area (Å²) in [5.74, 6) is 0. The third kappa shape index (κ3) is 11.5. The minimum Gasteiger partial charge on any atom is -1.00 e. The summed E-state index contributed by atoms with van der Waals surface area (Å²) in [7, 11) is 9.93. The number of hydrogen-bond acceptors (Lipinski definition) is 4. The highest BCUT2D eigenvalue weighted by Crippen LogP contribution is 2.66. The first-order valence-corrected chi connectivity index (χ1v) is 18.7. The Kier molecular flexibility index (Phi) is 23.8. The Morgan fingerprint density at radius 2 is 0.739 bits per heavy atom. The van der Waals surface area contributed by atoms with E-state index in [1.165, 1.54) is 21.7 Å². The third-order valence-corrected chi connectivity index (χ3v) is 17.3. The average Bonchev–Trinajstić information content (AvgIpc) is 3.01. The van der Waals surface area contributed by atoms with Crippen LogP contribution < -0.4 is 35.4 Å². The number of hydrogen-bond donors (Lipinski definition) is 0. The van der Waals surface area contributed by atoms with Gasteiger partial charge in [0.05, 0.1) is 0 Å². The van der Waals surface area contributed by atoms with Crippen molar-refractivity contribution in [1.29, 1.82) is 0 Å². The summed E-state index contributed by atoms with van der Waals surface area (Å²) < 4.78 is 9.82. The first-order valence-electron chi connectivity index (χ1n) is 15.0. The largest absolute Gasteiger partial charge is 1.00 e. The van der Waals surface area contributed by atoms with Crippen molar-refractivity contribution in [3.63, 3.8) is 0 Å². The van der Waals surface area contributed by atoms with Crippen molar-refractivity contribution in [2.24, 2.45) is 0 Å². The molecule has 256 valence electrons. The van der Waals surface area contributed by atoms with Crippen molar-refractivity contribution in [3.8, 4) is 0 Å². The molecule has 0 aliphatic heterocycles. The van der Waals surface area contributed by atoms with E-state index in [4.69, 9.17) is 0 Å². The van der Waals surface area contributed by atoms with Crippen molar-refractivity contribution in [2.75, 3.05) is 55.4 Å². The summed E-state index contributed by atoms with van der Waals surface area (Å²) in [5.41, 5.74) is 2.81. The van der Waals surface area contributed by atoms with Gasteiger partial charge in [-0.25, -0.2) is 0 Å². The smallest absolute Gasteiger partial charge is 0.230 e. The molecule has 4 rings (SSSR count). The standard InChI is InChI=1S/C23H27NP.C13H25N3P.3ClH.H3P/c1-3-24(4-2)25(22-16-10-6-11-17-22,23-18-12-7-13-19-23)20-21-14-8-5-9-15-21;1-14(2)17(15(3)4,16(5)6)12-13-10-8-7-9-11-13;;;;/h5-19H,3-4,20H2,1-2H3;7-11H,12H2,1-6H3;3*1H;1H3/q2*+1;;;;/p-2. The van der Waals surface area contributed by atoms with Gasteiger partial charge in [-0.15, -0.1) is 12.4 Å². The van der Waals surface area contributed by atoms with Crippen LogP contribution in [0.15, 0.2) is 121 Å². The van der Waals surface area contributed by atoms with Gasteiger partial charge in [0.25, 0.3) is 0 Å². The second kappa shape index (κ2) is 23.3. The maximum atomic E-state index is 2.70. The zero-order valence-electron chi connectivity index (χ0n) is 28.9. The van der Waals surface area contributed by atoms with Gasteiger partial charge in [0.2, 0.25) is 7.71 Å². The molecule has 0 saturated carbocycles. The van der Waals surface area contributed by atoms with Crippen LogP contribution in [0.2, 0.25) is 0 Å². The fourth-order valence-corrected chi connectivity index (χ4v) is 14.2. The molecule has 0 saturated heterocycles. The van der Waals surface area contributed by atoms with Crippen LogP contribution in [0.25, 0.3) is 0 Å². The Labute approximate surface area is 304 Å². The molecule has 0 spiro atoms. The fraction of sp³-hybridized carbons (Fsp3) is 0.333. The quantitative estimate of drug-likeness (QED) is 0.207. The van der Waals surface area contributed by atoms with Gasteiger partial charge in [0.15, 0.2) is 7.41 Å². The van der Waals surface area contributed by atoms with E-state index in [2.05, 4.69) is 196 Å². The van der Waals surface area contributed by atoms with Gasteiger partial charge in [-0.1, -0.05) is 97.1 Å². The van der Waals surface area contributed by atoms with Crippen molar-refractivity contribution >= 4 is 48.0 Å². The molecule has 0 fully saturated rings. The highest BCUT2D eigenvalue weighted by Gasteiger charge is 2.48. The molecule has 0 amide bonds. The van der Waals surface area contributed by atoms with Gasteiger partial charge < -0.3 is 24.8 Å². The summed E-state index contributed by atoms with van der Waals surface area (Å²) >= 11 is 0. The zero-order valence-corrected chi connectivity index (χ0v) is 34.5. The minimum atomic E-state index is -1.70. The molecule has 1 unspecified atom stereocenters. The summed E-state index contributed by atoms with van der Waals surface area (Å²) in [6.07, 6.45) is 2.16. The van der Waals surface area contributed by atoms with E-state index in [1.807, 2.05) is 0 Å². The molecular weight excluding hydrogens is 688 g/mol. The Morgan fingerprint density at radius 3 is 1.02 bits per heavy atom. The topological polar surface area (TPSA) is 13.0 Å². The molecule has 10 heteroatoms. The molecule has 0 aliphatic rings. The van der Waals surface area contributed by atoms with Crippen molar-refractivity contribution < 1.29 is 24.8 Å². The van der Waals surface area contributed by atoms with E-state index in [0.717, 1.165) is 25.4 Å². The Balaban J connectivity index is 0. The van der Waals surface area contributed by atoms with Crippen molar-refractivity contribution in [2.45, 2.75) is 26.2 Å². The first kappa shape index (κ1) is 47.0. The lowest BCUT2D eigenvalue weighted by Gasteiger charge is -2.40. The van der Waals surface area contributed by atoms with Gasteiger partial charge in [-0.2, -0.15) is 28.6 Å². The van der Waals surface area contributed by atoms with E-state index >= 15 is 0 Å². The molecule has 0 bridgehead atoms. The van der Waals surface area contributed by atoms with Gasteiger partial charge in [0, 0.05) is 55.4 Å². The molecule has 4 aromatic carbocycles. The number of nitrogens with zero attached hydrogens (tertiary/aromatic N) is 4. The summed E-state index contributed by atoms with van der Waals surface area (Å²) in [6, 6.07) is 43.9. The van der Waals surface area contributed by atoms with Crippen LogP contribution in [0.4, 0.5) is 0 Å². The monoisotopic (exact) mass is 742 g/mol. The van der Waals surface area contributed by atoms with Gasteiger partial charge >= 0.3 is 0 Å². The van der Waals surface area contributed by atoms with Gasteiger partial charge in [0.1, 0.15) is 22.9 Å². The number of rotatable bonds is 12. The lowest BCUT2D eigenvalue weighted by molar-refractivity contribution is -0.00100. The highest BCUT2D eigenvalue weighted by molar-refractivity contribution is 7.86. The molecule has 46 heavy (non-hydrogen) atoms. The van der Waals surface area contributed by atoms with E-state index in [0.29, 0.717) is 0 Å². The van der Waals surface area contributed by atoms with E-state index in [1.54, 1.807) is 0 Å². The molecule has 0 aromatic heterocycles. The first-order chi connectivity index (χ1) is 20.2. The predicted molar refractivity (Wildman–Crippen MR) is 209 cm³/mol. The summed E-state index contributed by atoms with van der Waals surface area (Å²) in [4.78, 5) is 0. The predicted octanol–water partition coefficient (Wildman–Crippen LogP) is 2.23.